The van der Waals surface area contributed by atoms with Gasteiger partial charge in [0, 0.05) is 13.2 Å². The molecule has 1 unspecified atom stereocenters. The van der Waals surface area contributed by atoms with Gasteiger partial charge in [0.05, 0.1) is 32.8 Å². The second kappa shape index (κ2) is 21.0. The van der Waals surface area contributed by atoms with E-state index < -0.39 is 24.5 Å². The zero-order valence-corrected chi connectivity index (χ0v) is 12.4. The Hall–Kier alpha value is -1.26. The van der Waals surface area contributed by atoms with Crippen LogP contribution in [0.15, 0.2) is 0 Å². The van der Waals surface area contributed by atoms with Gasteiger partial charge in [-0.1, -0.05) is 0 Å². The van der Waals surface area contributed by atoms with Crippen LogP contribution in [0.5, 0.6) is 0 Å². The lowest BCUT2D eigenvalue weighted by Crippen LogP contribution is -2.22. The summed E-state index contributed by atoms with van der Waals surface area (Å²) in [4.78, 5) is 19.4. The molecule has 0 aromatic carbocycles. The van der Waals surface area contributed by atoms with Crippen molar-refractivity contribution in [2.24, 2.45) is 0 Å². The highest BCUT2D eigenvalue weighted by atomic mass is 16.5. The second-order valence-corrected chi connectivity index (χ2v) is 3.29. The first-order valence-electron chi connectivity index (χ1n) is 6.37. The van der Waals surface area contributed by atoms with E-state index in [1.165, 1.54) is 0 Å². The van der Waals surface area contributed by atoms with Crippen LogP contribution in [0.3, 0.4) is 0 Å². The highest BCUT2D eigenvalue weighted by Crippen LogP contribution is 1.89. The molecule has 0 aromatic rings. The van der Waals surface area contributed by atoms with Crippen LogP contribution >= 0.6 is 0 Å². The Morgan fingerprint density at radius 1 is 0.952 bits per heavy atom. The van der Waals surface area contributed by atoms with E-state index in [4.69, 9.17) is 30.3 Å². The number of aliphatic hydroxyl groups excluding tert-OH is 3. The molecule has 0 aliphatic carbocycles. The summed E-state index contributed by atoms with van der Waals surface area (Å²) >= 11 is 0. The predicted molar refractivity (Wildman–Crippen MR) is 73.1 cm³/mol. The fourth-order valence-electron chi connectivity index (χ4n) is 0.688. The van der Waals surface area contributed by atoms with Crippen molar-refractivity contribution in [2.45, 2.75) is 26.4 Å². The summed E-state index contributed by atoms with van der Waals surface area (Å²) in [5.74, 6) is -2.85. The van der Waals surface area contributed by atoms with Crippen LogP contribution in [0.2, 0.25) is 0 Å². The van der Waals surface area contributed by atoms with E-state index in [1.807, 2.05) is 13.8 Å². The highest BCUT2D eigenvalue weighted by Gasteiger charge is 2.16. The number of ether oxygens (including phenoxy) is 2. The summed E-state index contributed by atoms with van der Waals surface area (Å²) < 4.78 is 9.47. The third kappa shape index (κ3) is 32.4. The van der Waals surface area contributed by atoms with E-state index >= 15 is 0 Å². The molecule has 9 nitrogen and oxygen atoms in total. The molecule has 128 valence electrons. The van der Waals surface area contributed by atoms with Crippen LogP contribution in [-0.2, 0) is 19.1 Å². The van der Waals surface area contributed by atoms with Gasteiger partial charge in [0.1, 0.15) is 0 Å². The molecule has 21 heavy (non-hydrogen) atoms. The van der Waals surface area contributed by atoms with Gasteiger partial charge in [0.25, 0.3) is 0 Å². The topological polar surface area (TPSA) is 154 Å². The molecule has 0 radical (unpaired) electrons. The van der Waals surface area contributed by atoms with Gasteiger partial charge in [-0.2, -0.15) is 0 Å². The first-order valence-corrected chi connectivity index (χ1v) is 6.37. The fourth-order valence-corrected chi connectivity index (χ4v) is 0.688. The van der Waals surface area contributed by atoms with E-state index in [9.17, 15) is 9.59 Å². The Bertz CT molecular complexity index is 227. The van der Waals surface area contributed by atoms with Gasteiger partial charge < -0.3 is 35.0 Å². The summed E-state index contributed by atoms with van der Waals surface area (Å²) in [6.07, 6.45) is -2.54. The molecule has 5 N–H and O–H groups in total. The number of hydrogen-bond donors (Lipinski definition) is 5. The van der Waals surface area contributed by atoms with E-state index in [1.54, 1.807) is 0 Å². The molecule has 0 aliphatic heterocycles. The Morgan fingerprint density at radius 3 is 1.52 bits per heavy atom. The zero-order valence-electron chi connectivity index (χ0n) is 12.4. The van der Waals surface area contributed by atoms with Crippen LogP contribution in [0.1, 0.15) is 20.3 Å². The standard InChI is InChI=1S/C4H6O5.C4H10O3.C4H10O/c5-2(4(8)9)1-3(6)7;5-1-3-7-4-2-6;1-3-5-4-2/h2,5H,1H2,(H,6,7)(H,8,9);5-6H,1-4H2;3-4H2,1-2H3. The predicted octanol–water partition coefficient (Wildman–Crippen LogP) is -1.06. The summed E-state index contributed by atoms with van der Waals surface area (Å²) in [6, 6.07) is 0. The number of hydrogen-bond acceptors (Lipinski definition) is 7. The molecule has 0 heterocycles. The zero-order chi connectivity index (χ0) is 17.1. The van der Waals surface area contributed by atoms with Crippen molar-refractivity contribution in [1.82, 2.24) is 0 Å². The number of aliphatic hydroxyl groups is 3. The van der Waals surface area contributed by atoms with E-state index in [0.29, 0.717) is 13.2 Å². The van der Waals surface area contributed by atoms with Gasteiger partial charge in [-0.15, -0.1) is 0 Å². The first-order chi connectivity index (χ1) is 9.87. The number of carboxylic acids is 2. The minimum atomic E-state index is -1.79. The average Bonchev–Trinajstić information content (AvgIpc) is 2.41. The molecule has 0 aliphatic rings. The van der Waals surface area contributed by atoms with E-state index in [-0.39, 0.29) is 13.2 Å². The lowest BCUT2D eigenvalue weighted by atomic mass is 10.3. The lowest BCUT2D eigenvalue weighted by Gasteiger charge is -1.97. The van der Waals surface area contributed by atoms with Gasteiger partial charge in [-0.05, 0) is 13.8 Å². The van der Waals surface area contributed by atoms with Crippen molar-refractivity contribution in [2.75, 3.05) is 39.6 Å². The maximum atomic E-state index is 9.72. The first kappa shape index (κ1) is 24.7. The fraction of sp³-hybridized carbons (Fsp3) is 0.833. The molecule has 1 atom stereocenters. The van der Waals surface area contributed by atoms with Gasteiger partial charge in [0.2, 0.25) is 0 Å². The highest BCUT2D eigenvalue weighted by molar-refractivity contribution is 5.79. The molecule has 0 fully saturated rings. The van der Waals surface area contributed by atoms with Gasteiger partial charge >= 0.3 is 11.9 Å². The van der Waals surface area contributed by atoms with Crippen molar-refractivity contribution in [3.05, 3.63) is 0 Å². The summed E-state index contributed by atoms with van der Waals surface area (Å²) in [5.41, 5.74) is 0. The maximum Gasteiger partial charge on any atom is 0.333 e. The number of carboxylic acid groups (broad SMARTS) is 2. The Kier molecular flexibility index (Phi) is 24.8. The number of carbonyl (C=O) groups is 2. The Balaban J connectivity index is -0.000000242. The van der Waals surface area contributed by atoms with Crippen molar-refractivity contribution < 1.29 is 44.6 Å². The Labute approximate surface area is 123 Å². The molecule has 0 spiro atoms. The second-order valence-electron chi connectivity index (χ2n) is 3.29. The van der Waals surface area contributed by atoms with Crippen molar-refractivity contribution in [3.63, 3.8) is 0 Å². The molecular weight excluding hydrogens is 288 g/mol. The quantitative estimate of drug-likeness (QED) is 0.335. The average molecular weight is 314 g/mol. The minimum Gasteiger partial charge on any atom is -0.481 e. The molecule has 0 amide bonds. The third-order valence-electron chi connectivity index (χ3n) is 1.53. The minimum absolute atomic E-state index is 0.0278. The molecule has 0 rings (SSSR count). The molecular formula is C12H26O9. The van der Waals surface area contributed by atoms with Crippen molar-refractivity contribution in [1.29, 1.82) is 0 Å². The molecule has 9 heteroatoms. The smallest absolute Gasteiger partial charge is 0.333 e. The molecule has 0 saturated heterocycles. The van der Waals surface area contributed by atoms with Gasteiger partial charge in [0.15, 0.2) is 6.10 Å². The monoisotopic (exact) mass is 314 g/mol. The van der Waals surface area contributed by atoms with E-state index in [0.717, 1.165) is 13.2 Å². The molecule has 0 saturated carbocycles. The van der Waals surface area contributed by atoms with Gasteiger partial charge in [-0.25, -0.2) is 4.79 Å². The summed E-state index contributed by atoms with van der Waals surface area (Å²) in [5, 5.41) is 40.3. The lowest BCUT2D eigenvalue weighted by molar-refractivity contribution is -0.152. The summed E-state index contributed by atoms with van der Waals surface area (Å²) in [7, 11) is 0. The van der Waals surface area contributed by atoms with Crippen LogP contribution in [0.25, 0.3) is 0 Å². The molecule has 0 aromatic heterocycles. The van der Waals surface area contributed by atoms with Crippen LogP contribution in [-0.4, -0.2) is 83.2 Å². The van der Waals surface area contributed by atoms with Crippen molar-refractivity contribution in [3.8, 4) is 0 Å². The number of rotatable bonds is 9. The number of aliphatic carboxylic acids is 2. The van der Waals surface area contributed by atoms with Gasteiger partial charge in [-0.3, -0.25) is 4.79 Å². The Morgan fingerprint density at radius 2 is 1.38 bits per heavy atom. The third-order valence-corrected chi connectivity index (χ3v) is 1.53. The van der Waals surface area contributed by atoms with Crippen LogP contribution in [0.4, 0.5) is 0 Å². The van der Waals surface area contributed by atoms with Crippen LogP contribution < -0.4 is 0 Å². The molecule has 0 bridgehead atoms. The largest absolute Gasteiger partial charge is 0.481 e. The van der Waals surface area contributed by atoms with Crippen molar-refractivity contribution >= 4 is 11.9 Å². The van der Waals surface area contributed by atoms with E-state index in [2.05, 4.69) is 4.74 Å². The SMILES string of the molecule is CCOCC.O=C(O)CC(O)C(=O)O.OCCOCCO. The summed E-state index contributed by atoms with van der Waals surface area (Å²) in [6.45, 7) is 6.36. The normalized spacial score (nSPS) is 10.5. The van der Waals surface area contributed by atoms with Crippen LogP contribution in [0, 0.1) is 0 Å². The maximum absolute atomic E-state index is 9.72.